The van der Waals surface area contributed by atoms with E-state index in [2.05, 4.69) is 4.74 Å². The van der Waals surface area contributed by atoms with Crippen LogP contribution >= 0.6 is 11.8 Å². The van der Waals surface area contributed by atoms with Gasteiger partial charge in [-0.3, -0.25) is 19.3 Å². The minimum Gasteiger partial charge on any atom is -0.508 e. The van der Waals surface area contributed by atoms with Gasteiger partial charge in [0.25, 0.3) is 11.1 Å². The Bertz CT molecular complexity index is 611. The van der Waals surface area contributed by atoms with E-state index in [-0.39, 0.29) is 10.7 Å². The van der Waals surface area contributed by atoms with Crippen molar-refractivity contribution in [2.24, 2.45) is 0 Å². The van der Waals surface area contributed by atoms with Crippen LogP contribution in [-0.4, -0.2) is 40.8 Å². The number of hydrogen-bond acceptors (Lipinski definition) is 6. The van der Waals surface area contributed by atoms with Crippen molar-refractivity contribution in [2.45, 2.75) is 0 Å². The van der Waals surface area contributed by atoms with Crippen molar-refractivity contribution < 1.29 is 24.2 Å². The number of carbonyl (C=O) groups is 3. The Labute approximate surface area is 119 Å². The summed E-state index contributed by atoms with van der Waals surface area (Å²) in [5.41, 5.74) is 0.591. The maximum Gasteiger partial charge on any atom is 0.325 e. The number of aromatic hydroxyl groups is 1. The van der Waals surface area contributed by atoms with Crippen LogP contribution in [0, 0.1) is 0 Å². The molecular formula is C13H11NO5S. The zero-order chi connectivity index (χ0) is 14.7. The van der Waals surface area contributed by atoms with Gasteiger partial charge in [-0.05, 0) is 35.5 Å². The number of esters is 1. The van der Waals surface area contributed by atoms with E-state index in [0.29, 0.717) is 5.56 Å². The first-order valence-electron chi connectivity index (χ1n) is 5.62. The molecule has 20 heavy (non-hydrogen) atoms. The number of phenolic OH excluding ortho intramolecular Hbond substituents is 1. The highest BCUT2D eigenvalue weighted by Gasteiger charge is 2.36. The van der Waals surface area contributed by atoms with Crippen molar-refractivity contribution in [3.8, 4) is 5.75 Å². The van der Waals surface area contributed by atoms with Crippen LogP contribution in [0.2, 0.25) is 0 Å². The van der Waals surface area contributed by atoms with E-state index in [1.54, 1.807) is 12.1 Å². The van der Waals surface area contributed by atoms with Gasteiger partial charge >= 0.3 is 5.97 Å². The van der Waals surface area contributed by atoms with Gasteiger partial charge in [-0.2, -0.15) is 0 Å². The van der Waals surface area contributed by atoms with Gasteiger partial charge in [0.2, 0.25) is 0 Å². The maximum absolute atomic E-state index is 12.0. The summed E-state index contributed by atoms with van der Waals surface area (Å²) < 4.78 is 4.43. The second-order valence-electron chi connectivity index (χ2n) is 3.94. The number of hydrogen-bond donors (Lipinski definition) is 1. The Kier molecular flexibility index (Phi) is 4.09. The molecule has 1 saturated heterocycles. The lowest BCUT2D eigenvalue weighted by Crippen LogP contribution is -2.34. The monoisotopic (exact) mass is 293 g/mol. The minimum absolute atomic E-state index is 0.0625. The van der Waals surface area contributed by atoms with Crippen LogP contribution in [0.25, 0.3) is 6.08 Å². The molecule has 1 aliphatic rings. The summed E-state index contributed by atoms with van der Waals surface area (Å²) in [5, 5.41) is 8.83. The molecule has 0 radical (unpaired) electrons. The molecule has 0 spiro atoms. The van der Waals surface area contributed by atoms with Crippen LogP contribution in [0.5, 0.6) is 5.75 Å². The van der Waals surface area contributed by atoms with Crippen molar-refractivity contribution in [2.75, 3.05) is 13.7 Å². The third-order valence-corrected chi connectivity index (χ3v) is 3.46. The number of phenols is 1. The number of ether oxygens (including phenoxy) is 1. The summed E-state index contributed by atoms with van der Waals surface area (Å²) in [6.07, 6.45) is 1.49. The number of carbonyl (C=O) groups excluding carboxylic acids is 3. The molecular weight excluding hydrogens is 282 g/mol. The fraction of sp³-hybridized carbons (Fsp3) is 0.154. The maximum atomic E-state index is 12.0. The molecule has 104 valence electrons. The van der Waals surface area contributed by atoms with Gasteiger partial charge < -0.3 is 9.84 Å². The Hall–Kier alpha value is -2.28. The summed E-state index contributed by atoms with van der Waals surface area (Å²) in [7, 11) is 1.18. The van der Waals surface area contributed by atoms with Crippen molar-refractivity contribution >= 4 is 35.0 Å². The summed E-state index contributed by atoms with van der Waals surface area (Å²) >= 11 is 0.744. The standard InChI is InChI=1S/C13H11NO5S/c1-19-11(16)7-14-12(17)10(20-13(14)18)6-8-3-2-4-9(15)5-8/h2-6,15H,7H2,1H3/b10-6+. The van der Waals surface area contributed by atoms with Crippen LogP contribution in [0.1, 0.15) is 5.56 Å². The molecule has 1 aromatic rings. The third kappa shape index (κ3) is 3.00. The highest BCUT2D eigenvalue weighted by atomic mass is 32.2. The molecule has 6 nitrogen and oxygen atoms in total. The van der Waals surface area contributed by atoms with Gasteiger partial charge in [0, 0.05) is 0 Å². The molecule has 1 aliphatic heterocycles. The molecule has 2 amide bonds. The first-order chi connectivity index (χ1) is 9.51. The van der Waals surface area contributed by atoms with E-state index in [0.717, 1.165) is 16.7 Å². The molecule has 0 bridgehead atoms. The Balaban J connectivity index is 2.21. The van der Waals surface area contributed by atoms with Gasteiger partial charge in [-0.25, -0.2) is 0 Å². The van der Waals surface area contributed by atoms with Crippen LogP contribution < -0.4 is 0 Å². The fourth-order valence-corrected chi connectivity index (χ4v) is 2.43. The molecule has 1 aromatic carbocycles. The number of rotatable bonds is 3. The highest BCUT2D eigenvalue weighted by molar-refractivity contribution is 8.18. The lowest BCUT2D eigenvalue weighted by atomic mass is 10.2. The number of nitrogens with zero attached hydrogens (tertiary/aromatic N) is 1. The van der Waals surface area contributed by atoms with Gasteiger partial charge in [0.15, 0.2) is 0 Å². The van der Waals surface area contributed by atoms with Crippen molar-refractivity contribution in [1.82, 2.24) is 4.90 Å². The van der Waals surface area contributed by atoms with E-state index in [4.69, 9.17) is 0 Å². The summed E-state index contributed by atoms with van der Waals surface area (Å²) in [5.74, 6) is -1.15. The average Bonchev–Trinajstić information content (AvgIpc) is 2.66. The average molecular weight is 293 g/mol. The largest absolute Gasteiger partial charge is 0.508 e. The van der Waals surface area contributed by atoms with Crippen LogP contribution in [0.4, 0.5) is 4.79 Å². The minimum atomic E-state index is -0.661. The van der Waals surface area contributed by atoms with E-state index < -0.39 is 23.7 Å². The van der Waals surface area contributed by atoms with Gasteiger partial charge in [0.1, 0.15) is 12.3 Å². The zero-order valence-corrected chi connectivity index (χ0v) is 11.3. The Morgan fingerprint density at radius 2 is 2.20 bits per heavy atom. The van der Waals surface area contributed by atoms with Crippen molar-refractivity contribution in [3.05, 3.63) is 34.7 Å². The molecule has 1 N–H and O–H groups in total. The highest BCUT2D eigenvalue weighted by Crippen LogP contribution is 2.32. The lowest BCUT2D eigenvalue weighted by Gasteiger charge is -2.09. The molecule has 0 unspecified atom stereocenters. The first kappa shape index (κ1) is 14.1. The van der Waals surface area contributed by atoms with Crippen LogP contribution in [-0.2, 0) is 14.3 Å². The Morgan fingerprint density at radius 3 is 2.85 bits per heavy atom. The molecule has 0 saturated carbocycles. The van der Waals surface area contributed by atoms with Gasteiger partial charge in [-0.15, -0.1) is 0 Å². The molecule has 2 rings (SSSR count). The van der Waals surface area contributed by atoms with Crippen molar-refractivity contribution in [1.29, 1.82) is 0 Å². The summed E-state index contributed by atoms with van der Waals surface area (Å²) in [4.78, 5) is 35.8. The second kappa shape index (κ2) is 5.79. The molecule has 0 atom stereocenters. The summed E-state index contributed by atoms with van der Waals surface area (Å²) in [6.45, 7) is -0.404. The van der Waals surface area contributed by atoms with E-state index in [1.165, 1.54) is 25.3 Å². The molecule has 1 fully saturated rings. The van der Waals surface area contributed by atoms with E-state index >= 15 is 0 Å². The van der Waals surface area contributed by atoms with E-state index in [9.17, 15) is 19.5 Å². The van der Waals surface area contributed by atoms with Gasteiger partial charge in [-0.1, -0.05) is 12.1 Å². The quantitative estimate of drug-likeness (QED) is 0.673. The van der Waals surface area contributed by atoms with Crippen LogP contribution in [0.15, 0.2) is 29.2 Å². The predicted molar refractivity (Wildman–Crippen MR) is 72.8 cm³/mol. The topological polar surface area (TPSA) is 83.9 Å². The van der Waals surface area contributed by atoms with E-state index in [1.807, 2.05) is 0 Å². The molecule has 1 heterocycles. The fourth-order valence-electron chi connectivity index (χ4n) is 1.60. The smallest absolute Gasteiger partial charge is 0.325 e. The first-order valence-corrected chi connectivity index (χ1v) is 6.44. The second-order valence-corrected chi connectivity index (χ2v) is 4.93. The molecule has 0 aliphatic carbocycles. The van der Waals surface area contributed by atoms with Crippen LogP contribution in [0.3, 0.4) is 0 Å². The number of imide groups is 1. The number of benzene rings is 1. The normalized spacial score (nSPS) is 16.9. The number of amides is 2. The molecule has 0 aromatic heterocycles. The third-order valence-electron chi connectivity index (χ3n) is 2.56. The lowest BCUT2D eigenvalue weighted by molar-refractivity contribution is -0.143. The zero-order valence-electron chi connectivity index (χ0n) is 10.5. The predicted octanol–water partition coefficient (Wildman–Crippen LogP) is 1.60. The Morgan fingerprint density at radius 1 is 1.45 bits per heavy atom. The summed E-state index contributed by atoms with van der Waals surface area (Å²) in [6, 6.07) is 6.28. The SMILES string of the molecule is COC(=O)CN1C(=O)S/C(=C/c2cccc(O)c2)C1=O. The molecule has 7 heteroatoms. The number of methoxy groups -OCH3 is 1. The number of thioether (sulfide) groups is 1. The van der Waals surface area contributed by atoms with Crippen molar-refractivity contribution in [3.63, 3.8) is 0 Å². The van der Waals surface area contributed by atoms with Gasteiger partial charge in [0.05, 0.1) is 12.0 Å².